The number of ether oxygens (including phenoxy) is 1. The fourth-order valence-electron chi connectivity index (χ4n) is 6.90. The van der Waals surface area contributed by atoms with E-state index in [0.717, 1.165) is 24.7 Å². The SMILES string of the molecule is C[Si](C)(C)C12C3CC45C(=O)OC(=O)C4(CC31)C52. The summed E-state index contributed by atoms with van der Waals surface area (Å²) in [4.78, 5) is 24.1. The Hall–Kier alpha value is -0.643. The molecule has 4 aliphatic carbocycles. The minimum atomic E-state index is -1.31. The molecule has 0 aromatic carbocycles. The number of carbonyl (C=O) groups is 2. The molecule has 0 amide bonds. The summed E-state index contributed by atoms with van der Waals surface area (Å²) in [6, 6.07) is 0. The zero-order valence-corrected chi connectivity index (χ0v) is 11.4. The molecule has 17 heavy (non-hydrogen) atoms. The lowest BCUT2D eigenvalue weighted by molar-refractivity contribution is -0.159. The summed E-state index contributed by atoms with van der Waals surface area (Å²) in [7, 11) is -1.31. The minimum absolute atomic E-state index is 0.171. The van der Waals surface area contributed by atoms with Gasteiger partial charge in [0.25, 0.3) is 0 Å². The summed E-state index contributed by atoms with van der Waals surface area (Å²) in [6.07, 6.45) is 1.94. The van der Waals surface area contributed by atoms with Crippen molar-refractivity contribution < 1.29 is 14.3 Å². The van der Waals surface area contributed by atoms with Crippen LogP contribution in [0.3, 0.4) is 0 Å². The average molecular weight is 248 g/mol. The molecule has 1 saturated heterocycles. The number of esters is 2. The summed E-state index contributed by atoms with van der Waals surface area (Å²) in [6.45, 7) is 7.26. The largest absolute Gasteiger partial charge is 0.392 e. The Bertz CT molecular complexity index is 497. The minimum Gasteiger partial charge on any atom is -0.392 e. The van der Waals surface area contributed by atoms with Crippen molar-refractivity contribution in [3.8, 4) is 0 Å². The first-order chi connectivity index (χ1) is 7.85. The molecule has 1 aliphatic heterocycles. The predicted molar refractivity (Wildman–Crippen MR) is 61.7 cm³/mol. The highest BCUT2D eigenvalue weighted by molar-refractivity contribution is 6.80. The lowest BCUT2D eigenvalue weighted by Crippen LogP contribution is -2.34. The molecule has 4 atom stereocenters. The van der Waals surface area contributed by atoms with E-state index in [2.05, 4.69) is 19.6 Å². The van der Waals surface area contributed by atoms with Crippen LogP contribution in [0.1, 0.15) is 12.8 Å². The van der Waals surface area contributed by atoms with Gasteiger partial charge in [-0.15, -0.1) is 0 Å². The lowest BCUT2D eigenvalue weighted by Gasteiger charge is -2.29. The predicted octanol–water partition coefficient (Wildman–Crippen LogP) is 1.80. The Kier molecular flexibility index (Phi) is 1.01. The molecule has 0 radical (unpaired) electrons. The van der Waals surface area contributed by atoms with Crippen LogP contribution in [0.4, 0.5) is 0 Å². The molecule has 5 fully saturated rings. The molecule has 5 aliphatic rings. The number of rotatable bonds is 1. The number of fused-ring (bicyclic) bond motifs is 1. The molecule has 4 saturated carbocycles. The summed E-state index contributed by atoms with van der Waals surface area (Å²) < 4.78 is 4.96. The van der Waals surface area contributed by atoms with Crippen molar-refractivity contribution in [2.75, 3.05) is 0 Å². The number of hydrogen-bond acceptors (Lipinski definition) is 3. The van der Waals surface area contributed by atoms with Gasteiger partial charge >= 0.3 is 11.9 Å². The zero-order chi connectivity index (χ0) is 12.0. The van der Waals surface area contributed by atoms with E-state index in [0.29, 0.717) is 11.0 Å². The maximum absolute atomic E-state index is 12.1. The van der Waals surface area contributed by atoms with E-state index in [1.165, 1.54) is 0 Å². The first-order valence-corrected chi connectivity index (χ1v) is 10.1. The highest BCUT2D eigenvalue weighted by Gasteiger charge is 3.07. The summed E-state index contributed by atoms with van der Waals surface area (Å²) in [5, 5.41) is 0.419. The normalized spacial score (nSPS) is 64.5. The first kappa shape index (κ1) is 9.31. The maximum Gasteiger partial charge on any atom is 0.321 e. The standard InChI is InChI=1S/C13H16O3Si/c1-17(2,3)13-6-4-11-8(13)12(11,5-7(6)13)10(15)16-9(11)14/h6-8H,4-5H2,1-3H3. The molecule has 90 valence electrons. The van der Waals surface area contributed by atoms with Gasteiger partial charge in [0, 0.05) is 0 Å². The molecule has 1 heterocycles. The van der Waals surface area contributed by atoms with Gasteiger partial charge in [-0.05, 0) is 35.6 Å². The highest BCUT2D eigenvalue weighted by Crippen LogP contribution is 3.07. The Morgan fingerprint density at radius 2 is 1.53 bits per heavy atom. The van der Waals surface area contributed by atoms with Gasteiger partial charge in [-0.25, -0.2) is 0 Å². The zero-order valence-electron chi connectivity index (χ0n) is 10.4. The van der Waals surface area contributed by atoms with Crippen molar-refractivity contribution in [2.45, 2.75) is 37.5 Å². The lowest BCUT2D eigenvalue weighted by atomic mass is 9.81. The number of hydrogen-bond donors (Lipinski definition) is 0. The number of carbonyl (C=O) groups excluding carboxylic acids is 2. The van der Waals surface area contributed by atoms with Crippen LogP contribution in [-0.4, -0.2) is 20.0 Å². The summed E-state index contributed by atoms with van der Waals surface area (Å²) >= 11 is 0. The van der Waals surface area contributed by atoms with E-state index in [9.17, 15) is 9.59 Å². The molecule has 4 heteroatoms. The molecule has 4 unspecified atom stereocenters. The van der Waals surface area contributed by atoms with E-state index in [-0.39, 0.29) is 22.8 Å². The second-order valence-electron chi connectivity index (χ2n) is 7.86. The van der Waals surface area contributed by atoms with Gasteiger partial charge in [-0.2, -0.15) is 0 Å². The van der Waals surface area contributed by atoms with Crippen LogP contribution < -0.4 is 0 Å². The Balaban J connectivity index is 1.77. The molecule has 0 N–H and O–H groups in total. The second-order valence-corrected chi connectivity index (χ2v) is 13.2. The molecular weight excluding hydrogens is 232 g/mol. The van der Waals surface area contributed by atoms with Crippen molar-refractivity contribution in [1.82, 2.24) is 0 Å². The van der Waals surface area contributed by atoms with Crippen LogP contribution >= 0.6 is 0 Å². The van der Waals surface area contributed by atoms with Gasteiger partial charge in [0.15, 0.2) is 0 Å². The fourth-order valence-corrected chi connectivity index (χ4v) is 11.0. The highest BCUT2D eigenvalue weighted by atomic mass is 28.3. The van der Waals surface area contributed by atoms with Crippen LogP contribution in [0.5, 0.6) is 0 Å². The molecule has 0 aromatic rings. The average Bonchev–Trinajstić information content (AvgIpc) is 2.88. The molecule has 2 spiro atoms. The topological polar surface area (TPSA) is 43.4 Å². The van der Waals surface area contributed by atoms with E-state index < -0.39 is 8.07 Å². The Morgan fingerprint density at radius 1 is 1.06 bits per heavy atom. The summed E-state index contributed by atoms with van der Waals surface area (Å²) in [5.74, 6) is 1.54. The van der Waals surface area contributed by atoms with Gasteiger partial charge in [-0.3, -0.25) is 9.59 Å². The Morgan fingerprint density at radius 3 is 1.94 bits per heavy atom. The van der Waals surface area contributed by atoms with Crippen LogP contribution in [0, 0.1) is 28.6 Å². The second kappa shape index (κ2) is 1.85. The molecular formula is C13H16O3Si. The third-order valence-corrected chi connectivity index (χ3v) is 10.7. The third kappa shape index (κ3) is 0.509. The van der Waals surface area contributed by atoms with E-state index in [4.69, 9.17) is 4.74 Å². The van der Waals surface area contributed by atoms with E-state index in [1.54, 1.807) is 0 Å². The Labute approximate surface area is 101 Å². The summed E-state index contributed by atoms with van der Waals surface area (Å²) in [5.41, 5.74) is -0.659. The number of cyclic esters (lactones) is 2. The van der Waals surface area contributed by atoms with Crippen LogP contribution in [0.15, 0.2) is 0 Å². The first-order valence-electron chi connectivity index (χ1n) is 6.62. The van der Waals surface area contributed by atoms with Crippen LogP contribution in [0.2, 0.25) is 24.7 Å². The van der Waals surface area contributed by atoms with Crippen LogP contribution in [0.25, 0.3) is 0 Å². The van der Waals surface area contributed by atoms with Crippen molar-refractivity contribution in [1.29, 1.82) is 0 Å². The fraction of sp³-hybridized carbons (Fsp3) is 0.846. The van der Waals surface area contributed by atoms with E-state index in [1.807, 2.05) is 0 Å². The molecule has 5 rings (SSSR count). The van der Waals surface area contributed by atoms with Crippen molar-refractivity contribution in [2.24, 2.45) is 28.6 Å². The van der Waals surface area contributed by atoms with Gasteiger partial charge in [-0.1, -0.05) is 19.6 Å². The van der Waals surface area contributed by atoms with Gasteiger partial charge in [0.1, 0.15) is 0 Å². The monoisotopic (exact) mass is 248 g/mol. The quantitative estimate of drug-likeness (QED) is 0.404. The van der Waals surface area contributed by atoms with Crippen LogP contribution in [-0.2, 0) is 14.3 Å². The maximum atomic E-state index is 12.1. The molecule has 0 aromatic heterocycles. The van der Waals surface area contributed by atoms with E-state index >= 15 is 0 Å². The molecule has 3 nitrogen and oxygen atoms in total. The van der Waals surface area contributed by atoms with Gasteiger partial charge in [0.05, 0.1) is 18.9 Å². The third-order valence-electron chi connectivity index (χ3n) is 7.08. The molecule has 0 bridgehead atoms. The van der Waals surface area contributed by atoms with Gasteiger partial charge in [0.2, 0.25) is 0 Å². The van der Waals surface area contributed by atoms with Crippen molar-refractivity contribution >= 4 is 20.0 Å². The van der Waals surface area contributed by atoms with Crippen molar-refractivity contribution in [3.63, 3.8) is 0 Å². The van der Waals surface area contributed by atoms with Crippen molar-refractivity contribution in [3.05, 3.63) is 0 Å². The smallest absolute Gasteiger partial charge is 0.321 e. The van der Waals surface area contributed by atoms with Gasteiger partial charge < -0.3 is 4.74 Å².